The Bertz CT molecular complexity index is 774. The molecule has 0 radical (unpaired) electrons. The van der Waals surface area contributed by atoms with Crippen molar-refractivity contribution in [1.29, 1.82) is 0 Å². The van der Waals surface area contributed by atoms with E-state index in [1.807, 2.05) is 13.1 Å². The SMILES string of the molecule is CN=C(NCc1cccc(C)c1)NCC1CCN(c2cccc(OC)c2)C1. The molecule has 2 aromatic rings. The number of guanidine groups is 1. The third-order valence-electron chi connectivity index (χ3n) is 5.03. The van der Waals surface area contributed by atoms with Gasteiger partial charge >= 0.3 is 0 Å². The highest BCUT2D eigenvalue weighted by Crippen LogP contribution is 2.26. The smallest absolute Gasteiger partial charge is 0.191 e. The Morgan fingerprint density at radius 1 is 1.19 bits per heavy atom. The molecule has 0 spiro atoms. The molecule has 0 saturated carbocycles. The van der Waals surface area contributed by atoms with Crippen molar-refractivity contribution in [3.63, 3.8) is 0 Å². The van der Waals surface area contributed by atoms with E-state index in [-0.39, 0.29) is 0 Å². The molecule has 1 saturated heterocycles. The Hall–Kier alpha value is -2.69. The fraction of sp³-hybridized carbons (Fsp3) is 0.409. The molecule has 27 heavy (non-hydrogen) atoms. The fourth-order valence-electron chi connectivity index (χ4n) is 3.51. The number of rotatable bonds is 6. The minimum Gasteiger partial charge on any atom is -0.497 e. The van der Waals surface area contributed by atoms with Gasteiger partial charge in [0.1, 0.15) is 5.75 Å². The maximum atomic E-state index is 5.34. The first-order valence-electron chi connectivity index (χ1n) is 9.57. The number of hydrogen-bond acceptors (Lipinski definition) is 3. The Balaban J connectivity index is 1.46. The number of hydrogen-bond donors (Lipinski definition) is 2. The fourth-order valence-corrected chi connectivity index (χ4v) is 3.51. The lowest BCUT2D eigenvalue weighted by Crippen LogP contribution is -2.39. The summed E-state index contributed by atoms with van der Waals surface area (Å²) in [4.78, 5) is 6.78. The van der Waals surface area contributed by atoms with Crippen molar-refractivity contribution in [2.45, 2.75) is 19.9 Å². The van der Waals surface area contributed by atoms with Crippen LogP contribution in [-0.2, 0) is 6.54 Å². The number of aliphatic imine (C=N–C) groups is 1. The molecule has 0 aromatic heterocycles. The van der Waals surface area contributed by atoms with E-state index in [0.29, 0.717) is 5.92 Å². The molecule has 2 N–H and O–H groups in total. The predicted molar refractivity (Wildman–Crippen MR) is 113 cm³/mol. The van der Waals surface area contributed by atoms with Gasteiger partial charge in [-0.1, -0.05) is 35.9 Å². The molecule has 0 aliphatic carbocycles. The molecule has 2 aromatic carbocycles. The second kappa shape index (κ2) is 9.31. The van der Waals surface area contributed by atoms with Crippen LogP contribution in [0.4, 0.5) is 5.69 Å². The van der Waals surface area contributed by atoms with Gasteiger partial charge in [0.15, 0.2) is 5.96 Å². The number of nitrogens with zero attached hydrogens (tertiary/aromatic N) is 2. The van der Waals surface area contributed by atoms with Crippen molar-refractivity contribution in [3.05, 3.63) is 59.7 Å². The van der Waals surface area contributed by atoms with Gasteiger partial charge in [-0.15, -0.1) is 0 Å². The van der Waals surface area contributed by atoms with E-state index < -0.39 is 0 Å². The second-order valence-corrected chi connectivity index (χ2v) is 7.10. The predicted octanol–water partition coefficient (Wildman–Crippen LogP) is 3.20. The van der Waals surface area contributed by atoms with Crippen LogP contribution in [0.5, 0.6) is 5.75 Å². The van der Waals surface area contributed by atoms with E-state index in [4.69, 9.17) is 4.74 Å². The first-order chi connectivity index (χ1) is 13.2. The van der Waals surface area contributed by atoms with E-state index >= 15 is 0 Å². The minimum atomic E-state index is 0.605. The zero-order valence-electron chi connectivity index (χ0n) is 16.5. The summed E-state index contributed by atoms with van der Waals surface area (Å²) in [5.41, 5.74) is 3.78. The summed E-state index contributed by atoms with van der Waals surface area (Å²) >= 11 is 0. The molecular weight excluding hydrogens is 336 g/mol. The van der Waals surface area contributed by atoms with Crippen molar-refractivity contribution < 1.29 is 4.74 Å². The molecule has 1 fully saturated rings. The second-order valence-electron chi connectivity index (χ2n) is 7.10. The Labute approximate surface area is 162 Å². The lowest BCUT2D eigenvalue weighted by atomic mass is 10.1. The van der Waals surface area contributed by atoms with Gasteiger partial charge in [0.25, 0.3) is 0 Å². The van der Waals surface area contributed by atoms with Gasteiger partial charge in [-0.2, -0.15) is 0 Å². The molecule has 5 heteroatoms. The van der Waals surface area contributed by atoms with Crippen LogP contribution in [0.3, 0.4) is 0 Å². The maximum absolute atomic E-state index is 5.34. The molecule has 0 bridgehead atoms. The van der Waals surface area contributed by atoms with Crippen LogP contribution in [-0.4, -0.2) is 39.8 Å². The normalized spacial score (nSPS) is 17.1. The van der Waals surface area contributed by atoms with Crippen molar-refractivity contribution in [1.82, 2.24) is 10.6 Å². The van der Waals surface area contributed by atoms with Gasteiger partial charge in [-0.3, -0.25) is 4.99 Å². The zero-order chi connectivity index (χ0) is 19.1. The third kappa shape index (κ3) is 5.39. The van der Waals surface area contributed by atoms with Crippen molar-refractivity contribution in [2.75, 3.05) is 38.7 Å². The number of nitrogens with one attached hydrogen (secondary N) is 2. The largest absolute Gasteiger partial charge is 0.497 e. The first-order valence-corrected chi connectivity index (χ1v) is 9.57. The van der Waals surface area contributed by atoms with Crippen LogP contribution in [0.15, 0.2) is 53.5 Å². The van der Waals surface area contributed by atoms with Crippen LogP contribution < -0.4 is 20.3 Å². The number of anilines is 1. The van der Waals surface area contributed by atoms with E-state index in [9.17, 15) is 0 Å². The average molecular weight is 367 g/mol. The van der Waals surface area contributed by atoms with Gasteiger partial charge in [-0.05, 0) is 37.0 Å². The number of benzene rings is 2. The number of aryl methyl sites for hydroxylation is 1. The van der Waals surface area contributed by atoms with Gasteiger partial charge < -0.3 is 20.3 Å². The third-order valence-corrected chi connectivity index (χ3v) is 5.03. The van der Waals surface area contributed by atoms with Crippen molar-refractivity contribution in [2.24, 2.45) is 10.9 Å². The highest BCUT2D eigenvalue weighted by molar-refractivity contribution is 5.79. The van der Waals surface area contributed by atoms with Gasteiger partial charge in [-0.25, -0.2) is 0 Å². The summed E-state index contributed by atoms with van der Waals surface area (Å²) in [6.45, 7) is 5.95. The van der Waals surface area contributed by atoms with E-state index in [2.05, 4.69) is 69.9 Å². The molecule has 144 valence electrons. The van der Waals surface area contributed by atoms with Crippen LogP contribution in [0.1, 0.15) is 17.5 Å². The quantitative estimate of drug-likeness (QED) is 0.609. The molecule has 1 unspecified atom stereocenters. The van der Waals surface area contributed by atoms with Gasteiger partial charge in [0.2, 0.25) is 0 Å². The molecule has 3 rings (SSSR count). The summed E-state index contributed by atoms with van der Waals surface area (Å²) in [5, 5.41) is 6.88. The maximum Gasteiger partial charge on any atom is 0.191 e. The lowest BCUT2D eigenvalue weighted by Gasteiger charge is -2.20. The molecule has 1 aliphatic rings. The summed E-state index contributed by atoms with van der Waals surface area (Å²) in [7, 11) is 3.54. The topological polar surface area (TPSA) is 48.9 Å². The Morgan fingerprint density at radius 3 is 2.81 bits per heavy atom. The Kier molecular flexibility index (Phi) is 6.58. The Morgan fingerprint density at radius 2 is 2.04 bits per heavy atom. The highest BCUT2D eigenvalue weighted by atomic mass is 16.5. The summed E-state index contributed by atoms with van der Waals surface area (Å²) in [6, 6.07) is 16.8. The molecule has 0 amide bonds. The molecule has 1 heterocycles. The standard InChI is InChI=1S/C22H30N4O/c1-17-6-4-7-18(12-17)14-24-22(23-2)25-15-19-10-11-26(16-19)20-8-5-9-21(13-20)27-3/h4-9,12-13,19H,10-11,14-16H2,1-3H3,(H2,23,24,25). The lowest BCUT2D eigenvalue weighted by molar-refractivity contribution is 0.415. The van der Waals surface area contributed by atoms with Crippen LogP contribution in [0.2, 0.25) is 0 Å². The summed E-state index contributed by atoms with van der Waals surface area (Å²) in [6.07, 6.45) is 1.18. The van der Waals surface area contributed by atoms with E-state index in [1.54, 1.807) is 7.11 Å². The number of methoxy groups -OCH3 is 1. The minimum absolute atomic E-state index is 0.605. The van der Waals surface area contributed by atoms with Crippen molar-refractivity contribution >= 4 is 11.6 Å². The molecule has 1 aliphatic heterocycles. The average Bonchev–Trinajstić information content (AvgIpc) is 3.17. The number of ether oxygens (including phenoxy) is 1. The van der Waals surface area contributed by atoms with Crippen LogP contribution in [0, 0.1) is 12.8 Å². The van der Waals surface area contributed by atoms with E-state index in [1.165, 1.54) is 23.2 Å². The molecule has 5 nitrogen and oxygen atoms in total. The molecular formula is C22H30N4O. The van der Waals surface area contributed by atoms with Gasteiger partial charge in [0.05, 0.1) is 7.11 Å². The van der Waals surface area contributed by atoms with E-state index in [0.717, 1.165) is 37.9 Å². The monoisotopic (exact) mass is 366 g/mol. The van der Waals surface area contributed by atoms with Crippen LogP contribution in [0.25, 0.3) is 0 Å². The molecule has 1 atom stereocenters. The first kappa shape index (κ1) is 19.1. The van der Waals surface area contributed by atoms with Gasteiger partial charge in [0, 0.05) is 45.0 Å². The van der Waals surface area contributed by atoms with Crippen molar-refractivity contribution in [3.8, 4) is 5.75 Å². The zero-order valence-corrected chi connectivity index (χ0v) is 16.5. The summed E-state index contributed by atoms with van der Waals surface area (Å²) < 4.78 is 5.34. The highest BCUT2D eigenvalue weighted by Gasteiger charge is 2.23. The van der Waals surface area contributed by atoms with Crippen LogP contribution >= 0.6 is 0 Å². The summed E-state index contributed by atoms with van der Waals surface area (Å²) in [5.74, 6) is 2.37.